The number of carbonyl (C=O) groups is 3. The second kappa shape index (κ2) is 6.60. The summed E-state index contributed by atoms with van der Waals surface area (Å²) in [4.78, 5) is 36.4. The van der Waals surface area contributed by atoms with Crippen molar-refractivity contribution in [3.8, 4) is 0 Å². The van der Waals surface area contributed by atoms with Crippen LogP contribution in [0.25, 0.3) is 11.0 Å². The molecule has 2 aromatic carbocycles. The number of esters is 1. The molecular formula is C21H16FNO5. The summed E-state index contributed by atoms with van der Waals surface area (Å²) in [6.07, 6.45) is 0. The number of amides is 1. The Morgan fingerprint density at radius 1 is 1.21 bits per heavy atom. The van der Waals surface area contributed by atoms with Gasteiger partial charge in [-0.2, -0.15) is 0 Å². The minimum atomic E-state index is -0.797. The van der Waals surface area contributed by atoms with Crippen LogP contribution in [0.3, 0.4) is 0 Å². The molecule has 1 aliphatic heterocycles. The summed E-state index contributed by atoms with van der Waals surface area (Å²) in [5, 5.41) is 3.21. The Hall–Kier alpha value is -3.48. The molecule has 0 spiro atoms. The molecule has 7 heteroatoms. The number of carbonyl (C=O) groups excluding carboxylic acids is 3. The number of hydrogen-bond donors (Lipinski definition) is 1. The summed E-state index contributed by atoms with van der Waals surface area (Å²) in [6.45, 7) is 2.90. The maximum Gasteiger partial charge on any atom is 0.375 e. The van der Waals surface area contributed by atoms with Gasteiger partial charge in [-0.25, -0.2) is 9.18 Å². The minimum absolute atomic E-state index is 0.0641. The molecule has 28 heavy (non-hydrogen) atoms. The number of benzene rings is 2. The van der Waals surface area contributed by atoms with E-state index in [0.29, 0.717) is 27.8 Å². The van der Waals surface area contributed by atoms with Crippen molar-refractivity contribution in [1.29, 1.82) is 0 Å². The van der Waals surface area contributed by atoms with Gasteiger partial charge in [0.25, 0.3) is 0 Å². The predicted octanol–water partition coefficient (Wildman–Crippen LogP) is 3.98. The van der Waals surface area contributed by atoms with E-state index in [0.717, 1.165) is 5.56 Å². The van der Waals surface area contributed by atoms with Crippen molar-refractivity contribution in [3.63, 3.8) is 0 Å². The van der Waals surface area contributed by atoms with E-state index in [-0.39, 0.29) is 17.6 Å². The predicted molar refractivity (Wildman–Crippen MR) is 99.0 cm³/mol. The first kappa shape index (κ1) is 17.9. The minimum Gasteiger partial charge on any atom is -0.451 e. The smallest absolute Gasteiger partial charge is 0.375 e. The van der Waals surface area contributed by atoms with Crippen LogP contribution in [0.15, 0.2) is 40.8 Å². The van der Waals surface area contributed by atoms with Crippen molar-refractivity contribution in [2.75, 3.05) is 11.9 Å². The molecule has 1 N–H and O–H groups in total. The quantitative estimate of drug-likeness (QED) is 0.546. The highest BCUT2D eigenvalue weighted by atomic mass is 19.1. The number of anilines is 1. The summed E-state index contributed by atoms with van der Waals surface area (Å²) in [6, 6.07) is 8.80. The van der Waals surface area contributed by atoms with Crippen molar-refractivity contribution < 1.29 is 27.9 Å². The molecule has 4 rings (SSSR count). The normalized spacial score (nSPS) is 15.4. The van der Waals surface area contributed by atoms with Gasteiger partial charge in [0, 0.05) is 22.2 Å². The zero-order valence-electron chi connectivity index (χ0n) is 15.2. The lowest BCUT2D eigenvalue weighted by molar-refractivity contribution is -0.116. The number of fused-ring (bicyclic) bond motifs is 2. The van der Waals surface area contributed by atoms with Crippen molar-refractivity contribution in [2.45, 2.75) is 19.8 Å². The van der Waals surface area contributed by atoms with Crippen molar-refractivity contribution >= 4 is 34.3 Å². The fraction of sp³-hybridized carbons (Fsp3) is 0.190. The fourth-order valence-corrected chi connectivity index (χ4v) is 3.26. The third-order valence-electron chi connectivity index (χ3n) is 4.91. The van der Waals surface area contributed by atoms with E-state index in [1.54, 1.807) is 32.0 Å². The van der Waals surface area contributed by atoms with Crippen LogP contribution in [0.4, 0.5) is 10.1 Å². The molecule has 1 aliphatic rings. The van der Waals surface area contributed by atoms with Crippen LogP contribution in [-0.2, 0) is 9.53 Å². The van der Waals surface area contributed by atoms with E-state index < -0.39 is 24.2 Å². The molecule has 0 fully saturated rings. The molecule has 142 valence electrons. The standard InChI is InChI=1S/C21H16FNO5/c1-10-15-8-13(22)4-6-18(15)28-19(10)21(26)27-9-17(24)12-3-5-16-14(7-12)11(2)20(25)23-16/h3-8,11H,9H2,1-2H3,(H,23,25)/t11-/m1/s1. The van der Waals surface area contributed by atoms with Gasteiger partial charge in [0.2, 0.25) is 11.7 Å². The van der Waals surface area contributed by atoms with Gasteiger partial charge in [-0.05, 0) is 55.8 Å². The highest BCUT2D eigenvalue weighted by molar-refractivity contribution is 6.05. The first-order chi connectivity index (χ1) is 13.3. The lowest BCUT2D eigenvalue weighted by Crippen LogP contribution is -2.14. The number of rotatable bonds is 4. The summed E-state index contributed by atoms with van der Waals surface area (Å²) in [5.74, 6) is -2.17. The maximum absolute atomic E-state index is 13.4. The van der Waals surface area contributed by atoms with Crippen molar-refractivity contribution in [2.24, 2.45) is 0 Å². The van der Waals surface area contributed by atoms with E-state index in [2.05, 4.69) is 5.32 Å². The third-order valence-corrected chi connectivity index (χ3v) is 4.91. The molecule has 1 atom stereocenters. The zero-order valence-corrected chi connectivity index (χ0v) is 15.2. The van der Waals surface area contributed by atoms with Gasteiger partial charge in [-0.1, -0.05) is 0 Å². The monoisotopic (exact) mass is 381 g/mol. The number of halogens is 1. The molecule has 2 heterocycles. The van der Waals surface area contributed by atoms with Crippen LogP contribution in [-0.4, -0.2) is 24.3 Å². The van der Waals surface area contributed by atoms with Crippen LogP contribution >= 0.6 is 0 Å². The van der Waals surface area contributed by atoms with Crippen molar-refractivity contribution in [1.82, 2.24) is 0 Å². The number of ether oxygens (including phenoxy) is 1. The molecule has 6 nitrogen and oxygen atoms in total. The number of ketones is 1. The Morgan fingerprint density at radius 3 is 2.79 bits per heavy atom. The van der Waals surface area contributed by atoms with E-state index in [4.69, 9.17) is 9.15 Å². The molecule has 0 unspecified atom stereocenters. The van der Waals surface area contributed by atoms with E-state index in [1.807, 2.05) is 0 Å². The van der Waals surface area contributed by atoms with Crippen LogP contribution in [0.1, 0.15) is 44.9 Å². The number of Topliss-reactive ketones (excluding diaryl/α,β-unsaturated/α-hetero) is 1. The molecule has 0 aliphatic carbocycles. The Kier molecular flexibility index (Phi) is 4.22. The van der Waals surface area contributed by atoms with Gasteiger partial charge >= 0.3 is 5.97 Å². The topological polar surface area (TPSA) is 85.6 Å². The first-order valence-corrected chi connectivity index (χ1v) is 8.69. The second-order valence-corrected chi connectivity index (χ2v) is 6.71. The molecule has 0 bridgehead atoms. The number of aryl methyl sites for hydroxylation is 1. The van der Waals surface area contributed by atoms with Crippen LogP contribution in [0.2, 0.25) is 0 Å². The van der Waals surface area contributed by atoms with Gasteiger partial charge in [-0.3, -0.25) is 9.59 Å². The second-order valence-electron chi connectivity index (χ2n) is 6.71. The van der Waals surface area contributed by atoms with Crippen molar-refractivity contribution in [3.05, 3.63) is 64.7 Å². The highest BCUT2D eigenvalue weighted by Crippen LogP contribution is 2.33. The fourth-order valence-electron chi connectivity index (χ4n) is 3.26. The average Bonchev–Trinajstić information content (AvgIpc) is 3.16. The molecule has 0 saturated carbocycles. The molecular weight excluding hydrogens is 365 g/mol. The average molecular weight is 381 g/mol. The lowest BCUT2D eigenvalue weighted by Gasteiger charge is -2.06. The molecule has 0 saturated heterocycles. The van der Waals surface area contributed by atoms with Crippen LogP contribution < -0.4 is 5.32 Å². The first-order valence-electron chi connectivity index (χ1n) is 8.69. The lowest BCUT2D eigenvalue weighted by atomic mass is 9.99. The number of hydrogen-bond acceptors (Lipinski definition) is 5. The zero-order chi connectivity index (χ0) is 20.0. The Labute approximate surface area is 159 Å². The van der Waals surface area contributed by atoms with E-state index >= 15 is 0 Å². The largest absolute Gasteiger partial charge is 0.451 e. The highest BCUT2D eigenvalue weighted by Gasteiger charge is 2.27. The van der Waals surface area contributed by atoms with Gasteiger partial charge < -0.3 is 14.5 Å². The van der Waals surface area contributed by atoms with Crippen LogP contribution in [0.5, 0.6) is 0 Å². The summed E-state index contributed by atoms with van der Waals surface area (Å²) >= 11 is 0. The van der Waals surface area contributed by atoms with Gasteiger partial charge in [0.1, 0.15) is 11.4 Å². The third kappa shape index (κ3) is 2.94. The molecule has 1 aromatic heterocycles. The molecule has 1 amide bonds. The summed E-state index contributed by atoms with van der Waals surface area (Å²) in [7, 11) is 0. The van der Waals surface area contributed by atoms with E-state index in [9.17, 15) is 18.8 Å². The van der Waals surface area contributed by atoms with Gasteiger partial charge in [0.05, 0.1) is 5.92 Å². The van der Waals surface area contributed by atoms with Gasteiger partial charge in [0.15, 0.2) is 12.4 Å². The maximum atomic E-state index is 13.4. The molecule has 0 radical (unpaired) electrons. The SMILES string of the molecule is Cc1c(C(=O)OCC(=O)c2ccc3c(c2)[C@@H](C)C(=O)N3)oc2ccc(F)cc12. The number of nitrogens with one attached hydrogen (secondary N) is 1. The summed E-state index contributed by atoms with van der Waals surface area (Å²) in [5.41, 5.74) is 2.57. The van der Waals surface area contributed by atoms with Crippen LogP contribution in [0, 0.1) is 12.7 Å². The Balaban J connectivity index is 1.49. The number of furan rings is 1. The van der Waals surface area contributed by atoms with Gasteiger partial charge in [-0.15, -0.1) is 0 Å². The van der Waals surface area contributed by atoms with E-state index in [1.165, 1.54) is 18.2 Å². The summed E-state index contributed by atoms with van der Waals surface area (Å²) < 4.78 is 23.9. The Morgan fingerprint density at radius 2 is 2.00 bits per heavy atom. The molecule has 3 aromatic rings. The Bertz CT molecular complexity index is 1150.